The van der Waals surface area contributed by atoms with Crippen molar-refractivity contribution >= 4 is 5.91 Å². The van der Waals surface area contributed by atoms with Crippen LogP contribution in [-0.4, -0.2) is 42.0 Å². The summed E-state index contributed by atoms with van der Waals surface area (Å²) in [5.41, 5.74) is -0.723. The second-order valence-corrected chi connectivity index (χ2v) is 4.71. The molecule has 0 unspecified atom stereocenters. The van der Waals surface area contributed by atoms with Crippen LogP contribution in [0.5, 0.6) is 0 Å². The van der Waals surface area contributed by atoms with Crippen LogP contribution in [0.2, 0.25) is 0 Å². The first-order chi connectivity index (χ1) is 9.14. The molecule has 0 bridgehead atoms. The van der Waals surface area contributed by atoms with Gasteiger partial charge in [-0.15, -0.1) is 0 Å². The van der Waals surface area contributed by atoms with E-state index in [9.17, 15) is 4.79 Å². The molecule has 19 heavy (non-hydrogen) atoms. The molecule has 106 valence electrons. The summed E-state index contributed by atoms with van der Waals surface area (Å²) in [7, 11) is 1.61. The lowest BCUT2D eigenvalue weighted by molar-refractivity contribution is -0.139. The van der Waals surface area contributed by atoms with Crippen molar-refractivity contribution in [3.63, 3.8) is 0 Å². The molecule has 0 aliphatic carbocycles. The SMILES string of the molecule is COCCc1noc(CNC(=O)[C@@]2(C)CCCO2)n1. The minimum Gasteiger partial charge on any atom is -0.384 e. The fourth-order valence-electron chi connectivity index (χ4n) is 1.96. The Balaban J connectivity index is 1.81. The van der Waals surface area contributed by atoms with E-state index in [-0.39, 0.29) is 12.5 Å². The van der Waals surface area contributed by atoms with Gasteiger partial charge >= 0.3 is 0 Å². The van der Waals surface area contributed by atoms with E-state index in [0.29, 0.717) is 31.3 Å². The molecule has 0 spiro atoms. The zero-order valence-electron chi connectivity index (χ0n) is 11.3. The Morgan fingerprint density at radius 3 is 3.11 bits per heavy atom. The molecule has 1 amide bonds. The summed E-state index contributed by atoms with van der Waals surface area (Å²) in [5.74, 6) is 0.831. The predicted molar refractivity (Wildman–Crippen MR) is 65.3 cm³/mol. The summed E-state index contributed by atoms with van der Waals surface area (Å²) in [6, 6.07) is 0. The topological polar surface area (TPSA) is 86.5 Å². The molecular formula is C12H19N3O4. The Bertz CT molecular complexity index is 426. The molecule has 1 aliphatic rings. The van der Waals surface area contributed by atoms with Crippen LogP contribution in [0.3, 0.4) is 0 Å². The summed E-state index contributed by atoms with van der Waals surface area (Å²) in [6.45, 7) is 3.19. The Kier molecular flexibility index (Phi) is 4.49. The van der Waals surface area contributed by atoms with Gasteiger partial charge in [-0.3, -0.25) is 4.79 Å². The lowest BCUT2D eigenvalue weighted by atomic mass is 10.0. The van der Waals surface area contributed by atoms with E-state index in [0.717, 1.165) is 12.8 Å². The Labute approximate surface area is 111 Å². The van der Waals surface area contributed by atoms with Crippen LogP contribution >= 0.6 is 0 Å². The van der Waals surface area contributed by atoms with Crippen LogP contribution in [0.4, 0.5) is 0 Å². The van der Waals surface area contributed by atoms with Gasteiger partial charge < -0.3 is 19.3 Å². The molecule has 1 aromatic heterocycles. The van der Waals surface area contributed by atoms with Gasteiger partial charge in [0.05, 0.1) is 13.2 Å². The number of aromatic nitrogens is 2. The lowest BCUT2D eigenvalue weighted by Crippen LogP contribution is -2.43. The van der Waals surface area contributed by atoms with Crippen LogP contribution in [0.15, 0.2) is 4.52 Å². The highest BCUT2D eigenvalue weighted by Gasteiger charge is 2.37. The Hall–Kier alpha value is -1.47. The van der Waals surface area contributed by atoms with Gasteiger partial charge in [-0.2, -0.15) is 4.98 Å². The van der Waals surface area contributed by atoms with Crippen molar-refractivity contribution in [3.8, 4) is 0 Å². The van der Waals surface area contributed by atoms with Gasteiger partial charge in [0.15, 0.2) is 5.82 Å². The van der Waals surface area contributed by atoms with Crippen molar-refractivity contribution < 1.29 is 18.8 Å². The number of carbonyl (C=O) groups excluding carboxylic acids is 1. The molecule has 2 rings (SSSR count). The number of amides is 1. The van der Waals surface area contributed by atoms with Gasteiger partial charge in [0, 0.05) is 20.1 Å². The molecule has 1 aliphatic heterocycles. The summed E-state index contributed by atoms with van der Waals surface area (Å²) >= 11 is 0. The quantitative estimate of drug-likeness (QED) is 0.806. The van der Waals surface area contributed by atoms with Crippen molar-refractivity contribution in [2.45, 2.75) is 38.3 Å². The average Bonchev–Trinajstić information content (AvgIpc) is 3.03. The summed E-state index contributed by atoms with van der Waals surface area (Å²) in [4.78, 5) is 16.1. The second kappa shape index (κ2) is 6.12. The van der Waals surface area contributed by atoms with Gasteiger partial charge in [0.2, 0.25) is 5.89 Å². The molecule has 1 fully saturated rings. The maximum atomic E-state index is 12.0. The molecule has 2 heterocycles. The van der Waals surface area contributed by atoms with Crippen LogP contribution in [-0.2, 0) is 27.2 Å². The van der Waals surface area contributed by atoms with Crippen molar-refractivity contribution in [3.05, 3.63) is 11.7 Å². The van der Waals surface area contributed by atoms with E-state index < -0.39 is 5.60 Å². The molecule has 1 aromatic rings. The molecule has 7 nitrogen and oxygen atoms in total. The van der Waals surface area contributed by atoms with Crippen LogP contribution in [0.25, 0.3) is 0 Å². The molecule has 1 saturated heterocycles. The fourth-order valence-corrected chi connectivity index (χ4v) is 1.96. The predicted octanol–water partition coefficient (Wildman–Crippen LogP) is 0.444. The Morgan fingerprint density at radius 2 is 2.42 bits per heavy atom. The molecule has 1 N–H and O–H groups in total. The van der Waals surface area contributed by atoms with E-state index >= 15 is 0 Å². The number of nitrogens with one attached hydrogen (secondary N) is 1. The van der Waals surface area contributed by atoms with Crippen molar-refractivity contribution in [1.29, 1.82) is 0 Å². The third-order valence-corrected chi connectivity index (χ3v) is 3.14. The van der Waals surface area contributed by atoms with Crippen molar-refractivity contribution in [1.82, 2.24) is 15.5 Å². The minimum absolute atomic E-state index is 0.137. The van der Waals surface area contributed by atoms with Crippen LogP contribution in [0.1, 0.15) is 31.5 Å². The van der Waals surface area contributed by atoms with Crippen LogP contribution < -0.4 is 5.32 Å². The highest BCUT2D eigenvalue weighted by Crippen LogP contribution is 2.24. The van der Waals surface area contributed by atoms with Gasteiger partial charge in [0.1, 0.15) is 5.60 Å². The number of ether oxygens (including phenoxy) is 2. The number of carbonyl (C=O) groups is 1. The third kappa shape index (κ3) is 3.51. The third-order valence-electron chi connectivity index (χ3n) is 3.14. The normalized spacial score (nSPS) is 22.6. The molecule has 7 heteroatoms. The van der Waals surface area contributed by atoms with Gasteiger partial charge in [-0.25, -0.2) is 0 Å². The van der Waals surface area contributed by atoms with Gasteiger partial charge in [0.25, 0.3) is 5.91 Å². The number of nitrogens with zero attached hydrogens (tertiary/aromatic N) is 2. The second-order valence-electron chi connectivity index (χ2n) is 4.71. The van der Waals surface area contributed by atoms with E-state index in [1.165, 1.54) is 0 Å². The molecule has 0 saturated carbocycles. The van der Waals surface area contributed by atoms with Gasteiger partial charge in [-0.05, 0) is 19.8 Å². The zero-order chi connectivity index (χ0) is 13.7. The minimum atomic E-state index is -0.723. The first-order valence-electron chi connectivity index (χ1n) is 6.37. The molecular weight excluding hydrogens is 250 g/mol. The molecule has 0 radical (unpaired) electrons. The summed E-state index contributed by atoms with van der Waals surface area (Å²) < 4.78 is 15.4. The zero-order valence-corrected chi connectivity index (χ0v) is 11.3. The Morgan fingerprint density at radius 1 is 1.58 bits per heavy atom. The number of rotatable bonds is 6. The lowest BCUT2D eigenvalue weighted by Gasteiger charge is -2.21. The highest BCUT2D eigenvalue weighted by molar-refractivity contribution is 5.84. The molecule has 0 aromatic carbocycles. The first kappa shape index (κ1) is 14.0. The van der Waals surface area contributed by atoms with Crippen LogP contribution in [0, 0.1) is 0 Å². The molecule has 1 atom stereocenters. The maximum Gasteiger partial charge on any atom is 0.252 e. The first-order valence-corrected chi connectivity index (χ1v) is 6.37. The number of hydrogen-bond acceptors (Lipinski definition) is 6. The maximum absolute atomic E-state index is 12.0. The standard InChI is InChI=1S/C12H19N3O4/c1-12(5-3-6-18-12)11(16)13-8-10-14-9(15-19-10)4-7-17-2/h3-8H2,1-2H3,(H,13,16)/t12-/m1/s1. The highest BCUT2D eigenvalue weighted by atomic mass is 16.5. The van der Waals surface area contributed by atoms with Crippen molar-refractivity contribution in [2.75, 3.05) is 20.3 Å². The van der Waals surface area contributed by atoms with E-state index in [2.05, 4.69) is 15.5 Å². The number of methoxy groups -OCH3 is 1. The number of hydrogen-bond donors (Lipinski definition) is 1. The summed E-state index contributed by atoms with van der Waals surface area (Å²) in [6.07, 6.45) is 2.24. The van der Waals surface area contributed by atoms with Crippen molar-refractivity contribution in [2.24, 2.45) is 0 Å². The fraction of sp³-hybridized carbons (Fsp3) is 0.750. The summed E-state index contributed by atoms with van der Waals surface area (Å²) in [5, 5.41) is 6.56. The largest absolute Gasteiger partial charge is 0.384 e. The van der Waals surface area contributed by atoms with Gasteiger partial charge in [-0.1, -0.05) is 5.16 Å². The van der Waals surface area contributed by atoms with E-state index in [1.54, 1.807) is 14.0 Å². The van der Waals surface area contributed by atoms with E-state index in [1.807, 2.05) is 0 Å². The smallest absolute Gasteiger partial charge is 0.252 e. The van der Waals surface area contributed by atoms with E-state index in [4.69, 9.17) is 14.0 Å². The average molecular weight is 269 g/mol. The monoisotopic (exact) mass is 269 g/mol.